The third-order valence-corrected chi connectivity index (χ3v) is 3.38. The van der Waals surface area contributed by atoms with E-state index in [9.17, 15) is 9.36 Å². The second kappa shape index (κ2) is 5.42. The van der Waals surface area contributed by atoms with Crippen LogP contribution in [0.25, 0.3) is 0 Å². The first kappa shape index (κ1) is 14.2. The van der Waals surface area contributed by atoms with Gasteiger partial charge in [-0.3, -0.25) is 9.13 Å². The lowest BCUT2D eigenvalue weighted by Gasteiger charge is -2.16. The number of ether oxygens (including phenoxy) is 1. The summed E-state index contributed by atoms with van der Waals surface area (Å²) in [6, 6.07) is 1.52. The SMILES string of the molecule is CP(=O)(O)OC[C@@H]1CC[C@H](n2ccc(N)nc2=O)O1. The van der Waals surface area contributed by atoms with Crippen LogP contribution in [0.5, 0.6) is 0 Å². The van der Waals surface area contributed by atoms with Crippen molar-refractivity contribution >= 4 is 13.4 Å². The number of nitrogens with two attached hydrogens (primary N) is 1. The van der Waals surface area contributed by atoms with Crippen LogP contribution in [0.2, 0.25) is 0 Å². The molecule has 0 amide bonds. The zero-order valence-electron chi connectivity index (χ0n) is 10.4. The van der Waals surface area contributed by atoms with Gasteiger partial charge in [-0.25, -0.2) is 4.79 Å². The number of hydrogen-bond donors (Lipinski definition) is 2. The van der Waals surface area contributed by atoms with Crippen LogP contribution < -0.4 is 11.4 Å². The number of anilines is 1. The highest BCUT2D eigenvalue weighted by atomic mass is 31.2. The Morgan fingerprint density at radius 1 is 1.68 bits per heavy atom. The average molecular weight is 289 g/mol. The molecule has 8 nitrogen and oxygen atoms in total. The highest BCUT2D eigenvalue weighted by Crippen LogP contribution is 2.38. The van der Waals surface area contributed by atoms with Gasteiger partial charge < -0.3 is 19.9 Å². The Balaban J connectivity index is 1.98. The molecular weight excluding hydrogens is 273 g/mol. The van der Waals surface area contributed by atoms with E-state index >= 15 is 0 Å². The fraction of sp³-hybridized carbons (Fsp3) is 0.600. The Bertz CT molecular complexity index is 554. The molecule has 0 bridgehead atoms. The molecule has 0 spiro atoms. The molecule has 2 rings (SSSR count). The Hall–Kier alpha value is -1.21. The lowest BCUT2D eigenvalue weighted by Crippen LogP contribution is -2.27. The van der Waals surface area contributed by atoms with E-state index in [4.69, 9.17) is 19.9 Å². The van der Waals surface area contributed by atoms with Gasteiger partial charge in [0.2, 0.25) is 0 Å². The van der Waals surface area contributed by atoms with Crippen LogP contribution in [0.4, 0.5) is 5.82 Å². The zero-order valence-corrected chi connectivity index (χ0v) is 11.3. The molecule has 9 heteroatoms. The van der Waals surface area contributed by atoms with Gasteiger partial charge in [-0.05, 0) is 18.9 Å². The monoisotopic (exact) mass is 289 g/mol. The molecule has 1 aliphatic rings. The summed E-state index contributed by atoms with van der Waals surface area (Å²) in [5.74, 6) is 0.159. The van der Waals surface area contributed by atoms with Gasteiger partial charge in [0.05, 0.1) is 12.7 Å². The number of hydrogen-bond acceptors (Lipinski definition) is 6. The second-order valence-corrected chi connectivity index (χ2v) is 6.30. The third-order valence-electron chi connectivity index (χ3n) is 2.75. The summed E-state index contributed by atoms with van der Waals surface area (Å²) in [6.45, 7) is 1.14. The van der Waals surface area contributed by atoms with Crippen LogP contribution >= 0.6 is 7.60 Å². The average Bonchev–Trinajstić information content (AvgIpc) is 2.74. The minimum Gasteiger partial charge on any atom is -0.383 e. The van der Waals surface area contributed by atoms with Crippen LogP contribution in [-0.4, -0.2) is 33.8 Å². The minimum atomic E-state index is -3.50. The summed E-state index contributed by atoms with van der Waals surface area (Å²) < 4.78 is 22.8. The molecular formula is C10H16N3O5P. The summed E-state index contributed by atoms with van der Waals surface area (Å²) >= 11 is 0. The Morgan fingerprint density at radius 3 is 3.05 bits per heavy atom. The van der Waals surface area contributed by atoms with E-state index < -0.39 is 19.5 Å². The highest BCUT2D eigenvalue weighted by molar-refractivity contribution is 7.51. The second-order valence-electron chi connectivity index (χ2n) is 4.43. The van der Waals surface area contributed by atoms with Crippen molar-refractivity contribution in [1.82, 2.24) is 9.55 Å². The van der Waals surface area contributed by atoms with Gasteiger partial charge >= 0.3 is 13.3 Å². The number of rotatable bonds is 4. The topological polar surface area (TPSA) is 117 Å². The predicted octanol–water partition coefficient (Wildman–Crippen LogP) is 0.335. The Morgan fingerprint density at radius 2 is 2.42 bits per heavy atom. The van der Waals surface area contributed by atoms with Crippen LogP contribution in [-0.2, 0) is 13.8 Å². The van der Waals surface area contributed by atoms with E-state index in [0.717, 1.165) is 6.66 Å². The fourth-order valence-corrected chi connectivity index (χ4v) is 2.32. The van der Waals surface area contributed by atoms with Crippen molar-refractivity contribution in [2.75, 3.05) is 19.0 Å². The molecule has 1 saturated heterocycles. The zero-order chi connectivity index (χ0) is 14.0. The molecule has 1 fully saturated rings. The van der Waals surface area contributed by atoms with Gasteiger partial charge in [-0.15, -0.1) is 0 Å². The van der Waals surface area contributed by atoms with Gasteiger partial charge in [0.25, 0.3) is 0 Å². The molecule has 1 aromatic rings. The maximum absolute atomic E-state index is 11.6. The summed E-state index contributed by atoms with van der Waals surface area (Å²) in [5.41, 5.74) is 4.93. The summed E-state index contributed by atoms with van der Waals surface area (Å²) in [7, 11) is -3.50. The molecule has 1 aliphatic heterocycles. The first-order valence-corrected chi connectivity index (χ1v) is 7.82. The maximum atomic E-state index is 11.6. The van der Waals surface area contributed by atoms with E-state index in [0.29, 0.717) is 12.8 Å². The maximum Gasteiger partial charge on any atom is 0.351 e. The quantitative estimate of drug-likeness (QED) is 0.767. The van der Waals surface area contributed by atoms with Gasteiger partial charge in [-0.1, -0.05) is 0 Å². The summed E-state index contributed by atoms with van der Waals surface area (Å²) in [6.07, 6.45) is 2.02. The van der Waals surface area contributed by atoms with E-state index in [1.54, 1.807) is 0 Å². The third kappa shape index (κ3) is 3.87. The van der Waals surface area contributed by atoms with Crippen LogP contribution in [0.15, 0.2) is 17.1 Å². The van der Waals surface area contributed by atoms with Gasteiger partial charge in [0.1, 0.15) is 12.0 Å². The Kier molecular flexibility index (Phi) is 4.05. The van der Waals surface area contributed by atoms with Crippen LogP contribution in [0, 0.1) is 0 Å². The van der Waals surface area contributed by atoms with Gasteiger partial charge in [0.15, 0.2) is 0 Å². The van der Waals surface area contributed by atoms with Crippen molar-refractivity contribution in [2.24, 2.45) is 0 Å². The lowest BCUT2D eigenvalue weighted by molar-refractivity contribution is -0.0211. The van der Waals surface area contributed by atoms with Crippen LogP contribution in [0.1, 0.15) is 19.1 Å². The van der Waals surface area contributed by atoms with Crippen molar-refractivity contribution in [3.63, 3.8) is 0 Å². The molecule has 3 atom stereocenters. The molecule has 1 unspecified atom stereocenters. The molecule has 0 aliphatic carbocycles. The van der Waals surface area contributed by atoms with Gasteiger partial charge in [-0.2, -0.15) is 4.98 Å². The molecule has 3 N–H and O–H groups in total. The molecule has 0 saturated carbocycles. The largest absolute Gasteiger partial charge is 0.383 e. The van der Waals surface area contributed by atoms with Crippen molar-refractivity contribution in [2.45, 2.75) is 25.2 Å². The van der Waals surface area contributed by atoms with Crippen molar-refractivity contribution in [3.05, 3.63) is 22.7 Å². The van der Waals surface area contributed by atoms with E-state index in [1.807, 2.05) is 0 Å². The molecule has 0 aromatic carbocycles. The van der Waals surface area contributed by atoms with Gasteiger partial charge in [0, 0.05) is 12.9 Å². The molecule has 19 heavy (non-hydrogen) atoms. The highest BCUT2D eigenvalue weighted by Gasteiger charge is 2.28. The normalized spacial score (nSPS) is 26.2. The van der Waals surface area contributed by atoms with Crippen LogP contribution in [0.3, 0.4) is 0 Å². The predicted molar refractivity (Wildman–Crippen MR) is 67.8 cm³/mol. The van der Waals surface area contributed by atoms with E-state index in [-0.39, 0.29) is 18.5 Å². The molecule has 0 radical (unpaired) electrons. The first-order valence-electron chi connectivity index (χ1n) is 5.80. The smallest absolute Gasteiger partial charge is 0.351 e. The van der Waals surface area contributed by atoms with E-state index in [1.165, 1.54) is 16.8 Å². The number of aromatic nitrogens is 2. The standard InChI is InChI=1S/C10H16N3O5P/c1-19(15,16)17-6-7-2-3-9(18-7)13-5-4-8(11)12-10(13)14/h4-5,7,9H,2-3,6H2,1H3,(H,15,16)(H2,11,12,14)/t7-,9+/m0/s1. The minimum absolute atomic E-state index is 0.0257. The van der Waals surface area contributed by atoms with Crippen molar-refractivity contribution in [3.8, 4) is 0 Å². The first-order chi connectivity index (χ1) is 8.85. The fourth-order valence-electron chi connectivity index (χ4n) is 1.88. The summed E-state index contributed by atoms with van der Waals surface area (Å²) in [5, 5.41) is 0. The van der Waals surface area contributed by atoms with Crippen molar-refractivity contribution in [1.29, 1.82) is 0 Å². The Labute approximate surface area is 109 Å². The van der Waals surface area contributed by atoms with Crippen molar-refractivity contribution < 1.29 is 18.7 Å². The van der Waals surface area contributed by atoms with E-state index in [2.05, 4.69) is 4.98 Å². The number of nitrogen functional groups attached to an aromatic ring is 1. The molecule has 2 heterocycles. The molecule has 106 valence electrons. The molecule has 1 aromatic heterocycles. The lowest BCUT2D eigenvalue weighted by atomic mass is 10.2. The number of nitrogens with zero attached hydrogens (tertiary/aromatic N) is 2. The summed E-state index contributed by atoms with van der Waals surface area (Å²) in [4.78, 5) is 24.3.